The van der Waals surface area contributed by atoms with Gasteiger partial charge in [0, 0.05) is 43.1 Å². The number of hydrogen-bond acceptors (Lipinski definition) is 3. The molecule has 2 aromatic carbocycles. The molecule has 1 aliphatic rings. The van der Waals surface area contributed by atoms with E-state index in [0.29, 0.717) is 0 Å². The van der Waals surface area contributed by atoms with Crippen LogP contribution in [0.5, 0.6) is 0 Å². The molecule has 0 spiro atoms. The quantitative estimate of drug-likeness (QED) is 0.657. The smallest absolute Gasteiger partial charge is 0.0938 e. The van der Waals surface area contributed by atoms with Crippen molar-refractivity contribution in [2.24, 2.45) is 0 Å². The molecule has 1 fully saturated rings. The number of pyridine rings is 1. The van der Waals surface area contributed by atoms with Crippen LogP contribution < -0.4 is 9.80 Å². The van der Waals surface area contributed by atoms with E-state index >= 15 is 0 Å². The van der Waals surface area contributed by atoms with Crippen LogP contribution in [0.3, 0.4) is 0 Å². The molecule has 3 nitrogen and oxygen atoms in total. The number of rotatable bonds is 3. The normalized spacial score (nSPS) is 14.5. The molecule has 1 saturated heterocycles. The minimum absolute atomic E-state index is 1.01. The van der Waals surface area contributed by atoms with Crippen molar-refractivity contribution in [3.8, 4) is 11.3 Å². The van der Waals surface area contributed by atoms with E-state index in [4.69, 9.17) is 4.98 Å². The van der Waals surface area contributed by atoms with Crippen molar-refractivity contribution in [1.82, 2.24) is 4.98 Å². The zero-order valence-electron chi connectivity index (χ0n) is 16.4. The molecule has 0 atom stereocenters. The maximum absolute atomic E-state index is 4.88. The molecular weight excluding hydrogens is 330 g/mol. The molecule has 0 amide bonds. The predicted octanol–water partition coefficient (Wildman–Crippen LogP) is 5.00. The van der Waals surface area contributed by atoms with Crippen LogP contribution in [0.15, 0.2) is 60.7 Å². The molecule has 3 heteroatoms. The lowest BCUT2D eigenvalue weighted by molar-refractivity contribution is 0.653. The van der Waals surface area contributed by atoms with Crippen LogP contribution in [0.25, 0.3) is 11.3 Å². The Morgan fingerprint density at radius 1 is 0.630 bits per heavy atom. The van der Waals surface area contributed by atoms with Crippen LogP contribution in [0.1, 0.15) is 16.8 Å². The van der Waals surface area contributed by atoms with Gasteiger partial charge < -0.3 is 9.80 Å². The van der Waals surface area contributed by atoms with Gasteiger partial charge in [-0.1, -0.05) is 47.5 Å². The number of hydrogen-bond donors (Lipinski definition) is 0. The Hall–Kier alpha value is -2.81. The highest BCUT2D eigenvalue weighted by Gasteiger charge is 2.20. The van der Waals surface area contributed by atoms with E-state index in [2.05, 4.69) is 91.2 Å². The fourth-order valence-corrected chi connectivity index (χ4v) is 3.69. The number of aryl methyl sites for hydroxylation is 3. The Bertz CT molecular complexity index is 905. The molecule has 0 bridgehead atoms. The first-order chi connectivity index (χ1) is 13.1. The predicted molar refractivity (Wildman–Crippen MR) is 115 cm³/mol. The van der Waals surface area contributed by atoms with E-state index in [1.807, 2.05) is 0 Å². The largest absolute Gasteiger partial charge is 0.368 e. The van der Waals surface area contributed by atoms with Gasteiger partial charge in [-0.05, 0) is 45.0 Å². The van der Waals surface area contributed by atoms with Crippen molar-refractivity contribution in [1.29, 1.82) is 0 Å². The highest BCUT2D eigenvalue weighted by Crippen LogP contribution is 2.31. The van der Waals surface area contributed by atoms with Crippen molar-refractivity contribution in [2.45, 2.75) is 20.8 Å². The van der Waals surface area contributed by atoms with Gasteiger partial charge in [0.1, 0.15) is 0 Å². The van der Waals surface area contributed by atoms with Crippen molar-refractivity contribution < 1.29 is 0 Å². The molecule has 138 valence electrons. The average Bonchev–Trinajstić information content (AvgIpc) is 2.69. The summed E-state index contributed by atoms with van der Waals surface area (Å²) in [5.41, 5.74) is 8.51. The Balaban J connectivity index is 1.56. The first-order valence-corrected chi connectivity index (χ1v) is 9.71. The molecule has 0 aliphatic carbocycles. The second-order valence-electron chi connectivity index (χ2n) is 7.50. The maximum Gasteiger partial charge on any atom is 0.0938 e. The first-order valence-electron chi connectivity index (χ1n) is 9.71. The average molecular weight is 358 g/mol. The summed E-state index contributed by atoms with van der Waals surface area (Å²) in [6.45, 7) is 10.4. The Kier molecular flexibility index (Phi) is 4.85. The summed E-state index contributed by atoms with van der Waals surface area (Å²) in [6, 6.07) is 21.9. The van der Waals surface area contributed by atoms with Crippen molar-refractivity contribution >= 4 is 11.4 Å². The Morgan fingerprint density at radius 2 is 1.19 bits per heavy atom. The van der Waals surface area contributed by atoms with Gasteiger partial charge in [0.15, 0.2) is 0 Å². The zero-order chi connectivity index (χ0) is 18.8. The van der Waals surface area contributed by atoms with Gasteiger partial charge >= 0.3 is 0 Å². The summed E-state index contributed by atoms with van der Waals surface area (Å²) in [4.78, 5) is 9.83. The fourth-order valence-electron chi connectivity index (χ4n) is 3.69. The molecule has 27 heavy (non-hydrogen) atoms. The van der Waals surface area contributed by atoms with E-state index in [1.54, 1.807) is 0 Å². The van der Waals surface area contributed by atoms with E-state index in [-0.39, 0.29) is 0 Å². The third kappa shape index (κ3) is 3.82. The zero-order valence-corrected chi connectivity index (χ0v) is 16.4. The van der Waals surface area contributed by atoms with Crippen LogP contribution in [0.4, 0.5) is 11.4 Å². The Labute approximate surface area is 162 Å². The number of nitrogens with zero attached hydrogens (tertiary/aromatic N) is 3. The van der Waals surface area contributed by atoms with Crippen LogP contribution in [-0.4, -0.2) is 31.2 Å². The highest BCUT2D eigenvalue weighted by atomic mass is 15.3. The number of piperazine rings is 1. The van der Waals surface area contributed by atoms with E-state index in [9.17, 15) is 0 Å². The standard InChI is InChI=1S/C24H27N3/c1-18-4-9-21(10-5-18)24-23(13-8-20(3)25-24)27-16-14-26(15-17-27)22-11-6-19(2)7-12-22/h4-13H,14-17H2,1-3H3. The van der Waals surface area contributed by atoms with Gasteiger partial charge in [-0.25, -0.2) is 0 Å². The van der Waals surface area contributed by atoms with E-state index in [1.165, 1.54) is 28.1 Å². The molecule has 2 heterocycles. The molecule has 4 rings (SSSR count). The first kappa shape index (κ1) is 17.6. The number of aromatic nitrogens is 1. The fraction of sp³-hybridized carbons (Fsp3) is 0.292. The van der Waals surface area contributed by atoms with Gasteiger partial charge in [0.25, 0.3) is 0 Å². The summed E-state index contributed by atoms with van der Waals surface area (Å²) in [7, 11) is 0. The van der Waals surface area contributed by atoms with Crippen LogP contribution >= 0.6 is 0 Å². The van der Waals surface area contributed by atoms with Gasteiger partial charge in [0.05, 0.1) is 11.4 Å². The van der Waals surface area contributed by atoms with E-state index < -0.39 is 0 Å². The van der Waals surface area contributed by atoms with Gasteiger partial charge in [-0.2, -0.15) is 0 Å². The van der Waals surface area contributed by atoms with Crippen molar-refractivity contribution in [3.05, 3.63) is 77.5 Å². The SMILES string of the molecule is Cc1ccc(-c2nc(C)ccc2N2CCN(c3ccc(C)cc3)CC2)cc1. The summed E-state index contributed by atoms with van der Waals surface area (Å²) in [5, 5.41) is 0. The van der Waals surface area contributed by atoms with Crippen LogP contribution in [0.2, 0.25) is 0 Å². The third-order valence-electron chi connectivity index (χ3n) is 5.36. The van der Waals surface area contributed by atoms with Crippen LogP contribution in [-0.2, 0) is 0 Å². The van der Waals surface area contributed by atoms with Crippen LogP contribution in [0, 0.1) is 20.8 Å². The number of benzene rings is 2. The lowest BCUT2D eigenvalue weighted by Gasteiger charge is -2.38. The number of anilines is 2. The van der Waals surface area contributed by atoms with Crippen molar-refractivity contribution in [3.63, 3.8) is 0 Å². The van der Waals surface area contributed by atoms with Gasteiger partial charge in [-0.3, -0.25) is 4.98 Å². The summed E-state index contributed by atoms with van der Waals surface area (Å²) in [5.74, 6) is 0. The minimum atomic E-state index is 1.01. The third-order valence-corrected chi connectivity index (χ3v) is 5.36. The molecule has 0 saturated carbocycles. The summed E-state index contributed by atoms with van der Waals surface area (Å²) >= 11 is 0. The summed E-state index contributed by atoms with van der Waals surface area (Å²) in [6.07, 6.45) is 0. The molecule has 0 unspecified atom stereocenters. The Morgan fingerprint density at radius 3 is 1.81 bits per heavy atom. The second kappa shape index (κ2) is 7.43. The maximum atomic E-state index is 4.88. The highest BCUT2D eigenvalue weighted by molar-refractivity contribution is 5.75. The van der Waals surface area contributed by atoms with Gasteiger partial charge in [-0.15, -0.1) is 0 Å². The molecule has 0 N–H and O–H groups in total. The molecule has 1 aromatic heterocycles. The molecule has 0 radical (unpaired) electrons. The molecule has 3 aromatic rings. The van der Waals surface area contributed by atoms with E-state index in [0.717, 1.165) is 37.6 Å². The monoisotopic (exact) mass is 357 g/mol. The summed E-state index contributed by atoms with van der Waals surface area (Å²) < 4.78 is 0. The second-order valence-corrected chi connectivity index (χ2v) is 7.50. The lowest BCUT2D eigenvalue weighted by atomic mass is 10.1. The molecule has 1 aliphatic heterocycles. The van der Waals surface area contributed by atoms with Crippen molar-refractivity contribution in [2.75, 3.05) is 36.0 Å². The topological polar surface area (TPSA) is 19.4 Å². The van der Waals surface area contributed by atoms with Gasteiger partial charge in [0.2, 0.25) is 0 Å². The minimum Gasteiger partial charge on any atom is -0.368 e. The molecular formula is C24H27N3. The lowest BCUT2D eigenvalue weighted by Crippen LogP contribution is -2.46.